The molecular weight excluding hydrogens is 228 g/mol. The van der Waals surface area contributed by atoms with Crippen LogP contribution in [0.5, 0.6) is 0 Å². The van der Waals surface area contributed by atoms with E-state index in [0.29, 0.717) is 0 Å². The summed E-state index contributed by atoms with van der Waals surface area (Å²) in [4.78, 5) is 1.22. The third kappa shape index (κ3) is 2.10. The minimum absolute atomic E-state index is 0.913. The third-order valence-corrected chi connectivity index (χ3v) is 3.45. The van der Waals surface area contributed by atoms with Gasteiger partial charge in [-0.05, 0) is 17.5 Å². The van der Waals surface area contributed by atoms with E-state index in [2.05, 4.69) is 27.7 Å². The molecule has 3 rings (SSSR count). The Morgan fingerprint density at radius 3 is 2.53 bits per heavy atom. The van der Waals surface area contributed by atoms with E-state index in [-0.39, 0.29) is 0 Å². The maximum atomic E-state index is 4.17. The van der Waals surface area contributed by atoms with Crippen LogP contribution in [-0.4, -0.2) is 10.2 Å². The Balaban J connectivity index is 2.06. The Kier molecular flexibility index (Phi) is 2.68. The number of thiophene rings is 1. The highest BCUT2D eigenvalue weighted by Crippen LogP contribution is 2.26. The first-order valence-electron chi connectivity index (χ1n) is 5.35. The molecule has 0 saturated heterocycles. The number of aromatic nitrogens is 2. The summed E-state index contributed by atoms with van der Waals surface area (Å²) in [6, 6.07) is 16.3. The van der Waals surface area contributed by atoms with Gasteiger partial charge in [-0.25, -0.2) is 0 Å². The van der Waals surface area contributed by atoms with Crippen molar-refractivity contribution in [1.29, 1.82) is 0 Å². The molecule has 0 unspecified atom stereocenters. The summed E-state index contributed by atoms with van der Waals surface area (Å²) in [5.41, 5.74) is 3.13. The summed E-state index contributed by atoms with van der Waals surface area (Å²) >= 11 is 1.71. The molecule has 3 aromatic rings. The molecular formula is C14H10N2S. The summed E-state index contributed by atoms with van der Waals surface area (Å²) < 4.78 is 0. The van der Waals surface area contributed by atoms with Gasteiger partial charge in [0.1, 0.15) is 0 Å². The molecule has 0 bridgehead atoms. The summed E-state index contributed by atoms with van der Waals surface area (Å²) in [5, 5.41) is 10.3. The van der Waals surface area contributed by atoms with Gasteiger partial charge in [0, 0.05) is 16.0 Å². The molecule has 0 atom stereocenters. The van der Waals surface area contributed by atoms with E-state index in [1.807, 2.05) is 36.4 Å². The first-order chi connectivity index (χ1) is 8.43. The van der Waals surface area contributed by atoms with Crippen LogP contribution in [0.25, 0.3) is 21.7 Å². The zero-order valence-electron chi connectivity index (χ0n) is 9.08. The lowest BCUT2D eigenvalue weighted by Gasteiger charge is -2.01. The number of rotatable bonds is 2. The molecule has 0 radical (unpaired) electrons. The predicted molar refractivity (Wildman–Crippen MR) is 70.8 cm³/mol. The van der Waals surface area contributed by atoms with Crippen molar-refractivity contribution >= 4 is 11.3 Å². The van der Waals surface area contributed by atoms with Crippen LogP contribution in [0.15, 0.2) is 60.1 Å². The summed E-state index contributed by atoms with van der Waals surface area (Å²) in [5.74, 6) is 0. The van der Waals surface area contributed by atoms with E-state index in [1.165, 1.54) is 4.88 Å². The largest absolute Gasteiger partial charge is 0.158 e. The number of nitrogens with zero attached hydrogens (tertiary/aromatic N) is 2. The van der Waals surface area contributed by atoms with E-state index >= 15 is 0 Å². The van der Waals surface area contributed by atoms with Crippen LogP contribution < -0.4 is 0 Å². The summed E-state index contributed by atoms with van der Waals surface area (Å²) in [6.07, 6.45) is 1.80. The van der Waals surface area contributed by atoms with Gasteiger partial charge in [0.2, 0.25) is 0 Å². The van der Waals surface area contributed by atoms with Crippen LogP contribution in [0.2, 0.25) is 0 Å². The maximum absolute atomic E-state index is 4.17. The molecule has 0 saturated carbocycles. The molecule has 0 aliphatic carbocycles. The third-order valence-electron chi connectivity index (χ3n) is 2.53. The van der Waals surface area contributed by atoms with Gasteiger partial charge in [-0.1, -0.05) is 36.4 Å². The number of hydrogen-bond donors (Lipinski definition) is 0. The lowest BCUT2D eigenvalue weighted by Crippen LogP contribution is -1.87. The molecule has 0 spiro atoms. The number of hydrogen-bond acceptors (Lipinski definition) is 3. The highest BCUT2D eigenvalue weighted by atomic mass is 32.1. The fourth-order valence-corrected chi connectivity index (χ4v) is 2.40. The summed E-state index contributed by atoms with van der Waals surface area (Å²) in [7, 11) is 0. The Hall–Kier alpha value is -2.00. The van der Waals surface area contributed by atoms with Crippen molar-refractivity contribution in [1.82, 2.24) is 10.2 Å². The smallest absolute Gasteiger partial charge is 0.0936 e. The molecule has 82 valence electrons. The van der Waals surface area contributed by atoms with Crippen molar-refractivity contribution in [3.63, 3.8) is 0 Å². The average Bonchev–Trinajstić information content (AvgIpc) is 2.94. The zero-order valence-corrected chi connectivity index (χ0v) is 9.89. The Morgan fingerprint density at radius 1 is 0.882 bits per heavy atom. The molecule has 0 aliphatic rings. The van der Waals surface area contributed by atoms with Gasteiger partial charge >= 0.3 is 0 Å². The molecule has 0 fully saturated rings. The van der Waals surface area contributed by atoms with Crippen molar-refractivity contribution in [3.05, 3.63) is 60.1 Å². The van der Waals surface area contributed by atoms with E-state index < -0.39 is 0 Å². The molecule has 0 amide bonds. The molecule has 1 aromatic carbocycles. The monoisotopic (exact) mass is 238 g/mol. The highest BCUT2D eigenvalue weighted by molar-refractivity contribution is 7.13. The fourth-order valence-electron chi connectivity index (χ4n) is 1.69. The van der Waals surface area contributed by atoms with E-state index in [4.69, 9.17) is 0 Å². The van der Waals surface area contributed by atoms with Gasteiger partial charge in [-0.15, -0.1) is 11.3 Å². The van der Waals surface area contributed by atoms with Crippen LogP contribution in [0.4, 0.5) is 0 Å². The maximum Gasteiger partial charge on any atom is 0.0936 e. The first-order valence-corrected chi connectivity index (χ1v) is 6.23. The highest BCUT2D eigenvalue weighted by Gasteiger charge is 2.03. The second-order valence-electron chi connectivity index (χ2n) is 3.67. The molecule has 17 heavy (non-hydrogen) atoms. The lowest BCUT2D eigenvalue weighted by molar-refractivity contribution is 1.04. The van der Waals surface area contributed by atoms with Crippen LogP contribution in [-0.2, 0) is 0 Å². The van der Waals surface area contributed by atoms with Gasteiger partial charge < -0.3 is 0 Å². The van der Waals surface area contributed by atoms with Gasteiger partial charge in [-0.2, -0.15) is 10.2 Å². The Morgan fingerprint density at radius 2 is 1.76 bits per heavy atom. The quantitative estimate of drug-likeness (QED) is 0.677. The molecule has 3 heteroatoms. The van der Waals surface area contributed by atoms with Gasteiger partial charge in [0.05, 0.1) is 11.9 Å². The van der Waals surface area contributed by atoms with Crippen LogP contribution >= 0.6 is 11.3 Å². The van der Waals surface area contributed by atoms with Gasteiger partial charge in [0.15, 0.2) is 0 Å². The van der Waals surface area contributed by atoms with Crippen LogP contribution in [0, 0.1) is 0 Å². The van der Waals surface area contributed by atoms with Crippen molar-refractivity contribution < 1.29 is 0 Å². The normalized spacial score (nSPS) is 10.4. The molecule has 2 heterocycles. The second kappa shape index (κ2) is 4.47. The van der Waals surface area contributed by atoms with E-state index in [9.17, 15) is 0 Å². The van der Waals surface area contributed by atoms with Gasteiger partial charge in [0.25, 0.3) is 0 Å². The predicted octanol–water partition coefficient (Wildman–Crippen LogP) is 3.87. The first kappa shape index (κ1) is 10.2. The van der Waals surface area contributed by atoms with Crippen molar-refractivity contribution in [2.24, 2.45) is 0 Å². The van der Waals surface area contributed by atoms with Crippen LogP contribution in [0.3, 0.4) is 0 Å². The standard InChI is InChI=1S/C14H10N2S/c1-2-5-11(6-3-1)13-9-12(10-15-16-13)14-7-4-8-17-14/h1-10H. The second-order valence-corrected chi connectivity index (χ2v) is 4.62. The summed E-state index contributed by atoms with van der Waals surface area (Å²) in [6.45, 7) is 0. The SMILES string of the molecule is c1ccc(-c2cc(-c3cccs3)cnn2)cc1. The minimum atomic E-state index is 0.913. The number of benzene rings is 1. The van der Waals surface area contributed by atoms with Crippen molar-refractivity contribution in [2.75, 3.05) is 0 Å². The Bertz CT molecular complexity index is 603. The molecule has 2 aromatic heterocycles. The molecule has 0 aliphatic heterocycles. The Labute approximate surface area is 104 Å². The topological polar surface area (TPSA) is 25.8 Å². The van der Waals surface area contributed by atoms with Crippen molar-refractivity contribution in [2.45, 2.75) is 0 Å². The fraction of sp³-hybridized carbons (Fsp3) is 0. The zero-order chi connectivity index (χ0) is 11.5. The van der Waals surface area contributed by atoms with E-state index in [1.54, 1.807) is 17.5 Å². The lowest BCUT2D eigenvalue weighted by atomic mass is 10.1. The van der Waals surface area contributed by atoms with Crippen molar-refractivity contribution in [3.8, 4) is 21.7 Å². The van der Waals surface area contributed by atoms with E-state index in [0.717, 1.165) is 16.8 Å². The minimum Gasteiger partial charge on any atom is -0.158 e. The van der Waals surface area contributed by atoms with Gasteiger partial charge in [-0.3, -0.25) is 0 Å². The van der Waals surface area contributed by atoms with Crippen LogP contribution in [0.1, 0.15) is 0 Å². The average molecular weight is 238 g/mol. The molecule has 2 nitrogen and oxygen atoms in total. The molecule has 0 N–H and O–H groups in total.